The van der Waals surface area contributed by atoms with Crippen LogP contribution in [-0.4, -0.2) is 18.0 Å². The molecule has 19 heavy (non-hydrogen) atoms. The number of nitrogens with zero attached hydrogens (tertiary/aromatic N) is 1. The molecular formula is C15H20F2N2. The number of hydrogen-bond acceptors (Lipinski definition) is 2. The number of nitrogens with two attached hydrogens (primary N) is 1. The van der Waals surface area contributed by atoms with E-state index in [9.17, 15) is 8.78 Å². The van der Waals surface area contributed by atoms with Gasteiger partial charge in [0, 0.05) is 23.2 Å². The lowest BCUT2D eigenvalue weighted by molar-refractivity contribution is 0.0524. The van der Waals surface area contributed by atoms with Crippen molar-refractivity contribution < 1.29 is 8.78 Å². The molecule has 0 aliphatic heterocycles. The van der Waals surface area contributed by atoms with Crippen LogP contribution >= 0.6 is 0 Å². The molecule has 0 saturated heterocycles. The highest BCUT2D eigenvalue weighted by Crippen LogP contribution is 2.56. The summed E-state index contributed by atoms with van der Waals surface area (Å²) in [5.74, 6) is 0.637. The van der Waals surface area contributed by atoms with Gasteiger partial charge in [-0.25, -0.2) is 8.78 Å². The summed E-state index contributed by atoms with van der Waals surface area (Å²) in [6, 6.07) is 4.07. The van der Waals surface area contributed by atoms with Crippen LogP contribution in [0.5, 0.6) is 0 Å². The molecule has 2 N–H and O–H groups in total. The van der Waals surface area contributed by atoms with E-state index in [0.29, 0.717) is 31.7 Å². The largest absolute Gasteiger partial charge is 0.330 e. The van der Waals surface area contributed by atoms with E-state index in [4.69, 9.17) is 5.73 Å². The molecule has 1 aromatic rings. The Morgan fingerprint density at radius 3 is 2.47 bits per heavy atom. The zero-order valence-corrected chi connectivity index (χ0v) is 11.0. The first-order valence-electron chi connectivity index (χ1n) is 7.09. The van der Waals surface area contributed by atoms with Crippen LogP contribution in [0.3, 0.4) is 0 Å². The summed E-state index contributed by atoms with van der Waals surface area (Å²) in [4.78, 5) is 4.46. The number of pyridine rings is 1. The maximum Gasteiger partial charge on any atom is 0.244 e. The lowest BCUT2D eigenvalue weighted by Crippen LogP contribution is -2.21. The molecule has 1 aromatic heterocycles. The van der Waals surface area contributed by atoms with Gasteiger partial charge < -0.3 is 5.73 Å². The second-order valence-corrected chi connectivity index (χ2v) is 6.09. The smallest absolute Gasteiger partial charge is 0.244 e. The molecule has 104 valence electrons. The van der Waals surface area contributed by atoms with Gasteiger partial charge in [0.25, 0.3) is 0 Å². The Morgan fingerprint density at radius 1 is 1.32 bits per heavy atom. The molecule has 0 unspecified atom stereocenters. The average molecular weight is 266 g/mol. The highest BCUT2D eigenvalue weighted by molar-refractivity contribution is 5.23. The lowest BCUT2D eigenvalue weighted by Gasteiger charge is -2.21. The van der Waals surface area contributed by atoms with Gasteiger partial charge in [-0.2, -0.15) is 0 Å². The maximum atomic E-state index is 13.0. The minimum Gasteiger partial charge on any atom is -0.330 e. The van der Waals surface area contributed by atoms with E-state index in [0.717, 1.165) is 11.3 Å². The van der Waals surface area contributed by atoms with Crippen molar-refractivity contribution in [3.63, 3.8) is 0 Å². The molecule has 0 spiro atoms. The Labute approximate surface area is 112 Å². The Hall–Kier alpha value is -1.03. The van der Waals surface area contributed by atoms with Gasteiger partial charge >= 0.3 is 0 Å². The molecule has 0 radical (unpaired) electrons. The fraction of sp³-hybridized carbons (Fsp3) is 0.667. The monoisotopic (exact) mass is 266 g/mol. The molecule has 2 aliphatic carbocycles. The van der Waals surface area contributed by atoms with Gasteiger partial charge in [-0.15, -0.1) is 0 Å². The molecule has 2 aliphatic rings. The van der Waals surface area contributed by atoms with Crippen molar-refractivity contribution in [2.75, 3.05) is 6.54 Å². The summed E-state index contributed by atoms with van der Waals surface area (Å²) in [7, 11) is 0. The summed E-state index contributed by atoms with van der Waals surface area (Å²) in [5.41, 5.74) is 7.16. The van der Waals surface area contributed by atoms with Gasteiger partial charge in [0.05, 0.1) is 0 Å². The van der Waals surface area contributed by atoms with E-state index in [1.54, 1.807) is 0 Å². The first-order chi connectivity index (χ1) is 9.14. The van der Waals surface area contributed by atoms with Crippen LogP contribution in [0.1, 0.15) is 55.2 Å². The summed E-state index contributed by atoms with van der Waals surface area (Å²) in [5, 5.41) is 0. The summed E-state index contributed by atoms with van der Waals surface area (Å²) in [6.45, 7) is 0.416. The number of aromatic nitrogens is 1. The minimum absolute atomic E-state index is 0.0113. The predicted molar refractivity (Wildman–Crippen MR) is 70.3 cm³/mol. The third kappa shape index (κ3) is 2.64. The van der Waals surface area contributed by atoms with Crippen molar-refractivity contribution >= 4 is 0 Å². The van der Waals surface area contributed by atoms with Crippen molar-refractivity contribution in [1.82, 2.24) is 4.98 Å². The quantitative estimate of drug-likeness (QED) is 0.856. The summed E-state index contributed by atoms with van der Waals surface area (Å²) in [6.07, 6.45) is 3.82. The van der Waals surface area contributed by atoms with Crippen molar-refractivity contribution in [3.05, 3.63) is 29.6 Å². The van der Waals surface area contributed by atoms with E-state index in [-0.39, 0.29) is 5.92 Å². The average Bonchev–Trinajstić information content (AvgIpc) is 3.29. The highest BCUT2D eigenvalue weighted by Gasteiger charge is 2.51. The molecule has 1 atom stereocenters. The van der Waals surface area contributed by atoms with E-state index < -0.39 is 11.8 Å². The van der Waals surface area contributed by atoms with Gasteiger partial charge in [-0.05, 0) is 56.2 Å². The molecule has 3 rings (SSSR count). The van der Waals surface area contributed by atoms with Crippen LogP contribution in [0.2, 0.25) is 0 Å². The standard InChI is InChI=1S/C15H20F2N2/c16-14(17)15(5-6-15)7-12(8-18)11-3-4-13(19-9-11)10-1-2-10/h3-4,9-10,12,14H,1-2,5-8,18H2/t12-/m0/s1. The second-order valence-electron chi connectivity index (χ2n) is 6.09. The number of hydrogen-bond donors (Lipinski definition) is 1. The van der Waals surface area contributed by atoms with E-state index in [2.05, 4.69) is 4.98 Å². The van der Waals surface area contributed by atoms with Crippen LogP contribution in [0.4, 0.5) is 8.78 Å². The van der Waals surface area contributed by atoms with Crippen molar-refractivity contribution in [2.24, 2.45) is 11.1 Å². The normalized spacial score (nSPS) is 22.5. The summed E-state index contributed by atoms with van der Waals surface area (Å²) < 4.78 is 26.0. The third-order valence-electron chi connectivity index (χ3n) is 4.57. The van der Waals surface area contributed by atoms with Gasteiger partial charge in [0.1, 0.15) is 0 Å². The van der Waals surface area contributed by atoms with E-state index in [1.807, 2.05) is 18.3 Å². The van der Waals surface area contributed by atoms with Crippen LogP contribution in [0.25, 0.3) is 0 Å². The molecule has 2 nitrogen and oxygen atoms in total. The van der Waals surface area contributed by atoms with Gasteiger partial charge in [0.15, 0.2) is 0 Å². The van der Waals surface area contributed by atoms with E-state index >= 15 is 0 Å². The van der Waals surface area contributed by atoms with Crippen molar-refractivity contribution in [2.45, 2.75) is 50.4 Å². The Morgan fingerprint density at radius 2 is 2.05 bits per heavy atom. The topological polar surface area (TPSA) is 38.9 Å². The van der Waals surface area contributed by atoms with Crippen molar-refractivity contribution in [3.8, 4) is 0 Å². The molecule has 2 saturated carbocycles. The zero-order valence-electron chi connectivity index (χ0n) is 11.0. The van der Waals surface area contributed by atoms with Crippen LogP contribution in [0.15, 0.2) is 18.3 Å². The molecule has 4 heteroatoms. The molecule has 0 bridgehead atoms. The summed E-state index contributed by atoms with van der Waals surface area (Å²) >= 11 is 0. The number of rotatable bonds is 6. The van der Waals surface area contributed by atoms with Crippen molar-refractivity contribution in [1.29, 1.82) is 0 Å². The molecule has 0 aromatic carbocycles. The molecule has 2 fully saturated rings. The number of alkyl halides is 2. The van der Waals surface area contributed by atoms with Crippen LogP contribution < -0.4 is 5.73 Å². The molecule has 0 amide bonds. The predicted octanol–water partition coefficient (Wildman–Crippen LogP) is 3.44. The zero-order chi connectivity index (χ0) is 13.5. The van der Waals surface area contributed by atoms with Crippen LogP contribution in [-0.2, 0) is 0 Å². The Balaban J connectivity index is 1.70. The fourth-order valence-corrected chi connectivity index (χ4v) is 2.78. The lowest BCUT2D eigenvalue weighted by atomic mass is 9.87. The van der Waals surface area contributed by atoms with Gasteiger partial charge in [0.2, 0.25) is 6.43 Å². The first-order valence-corrected chi connectivity index (χ1v) is 7.09. The van der Waals surface area contributed by atoms with Crippen LogP contribution in [0, 0.1) is 5.41 Å². The second kappa shape index (κ2) is 4.82. The highest BCUT2D eigenvalue weighted by atomic mass is 19.3. The number of halogens is 2. The minimum atomic E-state index is -2.22. The maximum absolute atomic E-state index is 13.0. The molecule has 1 heterocycles. The first kappa shape index (κ1) is 13.0. The van der Waals surface area contributed by atoms with Gasteiger partial charge in [-0.1, -0.05) is 6.07 Å². The third-order valence-corrected chi connectivity index (χ3v) is 4.57. The van der Waals surface area contributed by atoms with E-state index in [1.165, 1.54) is 12.8 Å². The Kier molecular flexibility index (Phi) is 3.29. The van der Waals surface area contributed by atoms with Gasteiger partial charge in [-0.3, -0.25) is 4.98 Å². The Bertz CT molecular complexity index is 436. The SMILES string of the molecule is NC[C@H](CC1(C(F)F)CC1)c1ccc(C2CC2)nc1. The molecular weight excluding hydrogens is 246 g/mol. The fourth-order valence-electron chi connectivity index (χ4n) is 2.78.